The summed E-state index contributed by atoms with van der Waals surface area (Å²) in [6.07, 6.45) is 3.02. The maximum Gasteiger partial charge on any atom is 0.0731 e. The largest absolute Gasteiger partial charge is 0.256 e. The topological polar surface area (TPSA) is 12.9 Å². The number of hydrogen-bond donors (Lipinski definition) is 0. The molecule has 0 fully saturated rings. The van der Waals surface area contributed by atoms with Crippen molar-refractivity contribution in [3.8, 4) is 0 Å². The Morgan fingerprint density at radius 3 is 2.92 bits per heavy atom. The third kappa shape index (κ3) is 1.42. The molecule has 1 aromatic heterocycles. The first-order valence-corrected chi connectivity index (χ1v) is 4.65. The lowest BCUT2D eigenvalue weighted by atomic mass is 10.1. The van der Waals surface area contributed by atoms with E-state index in [0.717, 1.165) is 11.9 Å². The van der Waals surface area contributed by atoms with Gasteiger partial charge in [-0.2, -0.15) is 0 Å². The number of para-hydroxylation sites is 1. The molecule has 1 heterocycles. The maximum absolute atomic E-state index is 4.45. The summed E-state index contributed by atoms with van der Waals surface area (Å²) in [7, 11) is 0. The zero-order valence-corrected chi connectivity index (χ0v) is 8.04. The van der Waals surface area contributed by atoms with Crippen molar-refractivity contribution in [1.82, 2.24) is 4.98 Å². The molecule has 0 aliphatic carbocycles. The van der Waals surface area contributed by atoms with E-state index in [2.05, 4.69) is 43.1 Å². The summed E-state index contributed by atoms with van der Waals surface area (Å²) in [5.41, 5.74) is 3.68. The molecule has 0 radical (unpaired) electrons. The van der Waals surface area contributed by atoms with Crippen LogP contribution in [-0.2, 0) is 6.42 Å². The van der Waals surface area contributed by atoms with Gasteiger partial charge < -0.3 is 0 Å². The highest BCUT2D eigenvalue weighted by atomic mass is 14.7. The van der Waals surface area contributed by atoms with Gasteiger partial charge in [0.15, 0.2) is 0 Å². The molecule has 0 spiro atoms. The summed E-state index contributed by atoms with van der Waals surface area (Å²) in [4.78, 5) is 4.45. The molecule has 0 aliphatic rings. The van der Waals surface area contributed by atoms with E-state index in [9.17, 15) is 0 Å². The third-order valence-corrected chi connectivity index (χ3v) is 2.38. The van der Waals surface area contributed by atoms with Gasteiger partial charge in [0.2, 0.25) is 0 Å². The van der Waals surface area contributed by atoms with E-state index in [1.165, 1.54) is 16.5 Å². The van der Waals surface area contributed by atoms with E-state index in [0.29, 0.717) is 0 Å². The fraction of sp³-hybridized carbons (Fsp3) is 0.250. The Balaban J connectivity index is 2.72. The molecule has 0 bridgehead atoms. The number of fused-ring (bicyclic) bond motifs is 1. The first-order valence-electron chi connectivity index (χ1n) is 4.65. The van der Waals surface area contributed by atoms with Crippen LogP contribution < -0.4 is 0 Å². The van der Waals surface area contributed by atoms with Gasteiger partial charge in [-0.1, -0.05) is 25.1 Å². The van der Waals surface area contributed by atoms with Crippen LogP contribution in [0.4, 0.5) is 0 Å². The van der Waals surface area contributed by atoms with E-state index in [1.54, 1.807) is 0 Å². The summed E-state index contributed by atoms with van der Waals surface area (Å²) in [6.45, 7) is 4.25. The Morgan fingerprint density at radius 2 is 2.15 bits per heavy atom. The van der Waals surface area contributed by atoms with Crippen LogP contribution in [0.15, 0.2) is 30.5 Å². The minimum atomic E-state index is 1.05. The minimum Gasteiger partial charge on any atom is -0.256 e. The Labute approximate surface area is 78.4 Å². The monoisotopic (exact) mass is 171 g/mol. The quantitative estimate of drug-likeness (QED) is 0.642. The normalized spacial score (nSPS) is 10.6. The van der Waals surface area contributed by atoms with Crippen LogP contribution in [-0.4, -0.2) is 4.98 Å². The smallest absolute Gasteiger partial charge is 0.0731 e. The summed E-state index contributed by atoms with van der Waals surface area (Å²) >= 11 is 0. The molecule has 0 saturated carbocycles. The highest BCUT2D eigenvalue weighted by Crippen LogP contribution is 2.16. The van der Waals surface area contributed by atoms with Crippen LogP contribution in [0.1, 0.15) is 18.1 Å². The molecule has 2 aromatic rings. The van der Waals surface area contributed by atoms with Crippen molar-refractivity contribution in [3.63, 3.8) is 0 Å². The van der Waals surface area contributed by atoms with E-state index in [-0.39, 0.29) is 0 Å². The molecule has 66 valence electrons. The van der Waals surface area contributed by atoms with Gasteiger partial charge in [-0.3, -0.25) is 4.98 Å². The van der Waals surface area contributed by atoms with Gasteiger partial charge >= 0.3 is 0 Å². The highest BCUT2D eigenvalue weighted by Gasteiger charge is 1.98. The Kier molecular flexibility index (Phi) is 2.01. The van der Waals surface area contributed by atoms with Gasteiger partial charge in [0.25, 0.3) is 0 Å². The van der Waals surface area contributed by atoms with Crippen LogP contribution in [0.2, 0.25) is 0 Å². The van der Waals surface area contributed by atoms with Crippen molar-refractivity contribution in [2.45, 2.75) is 20.3 Å². The predicted molar refractivity (Wildman–Crippen MR) is 55.9 cm³/mol. The molecule has 0 amide bonds. The van der Waals surface area contributed by atoms with Gasteiger partial charge in [0.05, 0.1) is 5.52 Å². The first-order chi connectivity index (χ1) is 6.31. The zero-order valence-electron chi connectivity index (χ0n) is 8.04. The van der Waals surface area contributed by atoms with Crippen molar-refractivity contribution < 1.29 is 0 Å². The molecule has 0 N–H and O–H groups in total. The van der Waals surface area contributed by atoms with E-state index in [1.807, 2.05) is 6.20 Å². The zero-order chi connectivity index (χ0) is 9.26. The van der Waals surface area contributed by atoms with Crippen molar-refractivity contribution in [1.29, 1.82) is 0 Å². The molecular weight excluding hydrogens is 158 g/mol. The number of hydrogen-bond acceptors (Lipinski definition) is 1. The SMILES string of the molecule is CCc1cnc2c(C)cccc2c1. The van der Waals surface area contributed by atoms with Crippen LogP contribution in [0.5, 0.6) is 0 Å². The van der Waals surface area contributed by atoms with Gasteiger partial charge in [0.1, 0.15) is 0 Å². The number of aromatic nitrogens is 1. The molecular formula is C12H13N. The molecule has 0 atom stereocenters. The molecule has 1 nitrogen and oxygen atoms in total. The lowest BCUT2D eigenvalue weighted by molar-refractivity contribution is 1.12. The molecule has 2 rings (SSSR count). The molecule has 0 unspecified atom stereocenters. The van der Waals surface area contributed by atoms with Gasteiger partial charge in [0, 0.05) is 11.6 Å². The van der Waals surface area contributed by atoms with Crippen LogP contribution >= 0.6 is 0 Å². The maximum atomic E-state index is 4.45. The van der Waals surface area contributed by atoms with Crippen molar-refractivity contribution >= 4 is 10.9 Å². The average molecular weight is 171 g/mol. The van der Waals surface area contributed by atoms with Gasteiger partial charge in [-0.15, -0.1) is 0 Å². The highest BCUT2D eigenvalue weighted by molar-refractivity contribution is 5.81. The summed E-state index contributed by atoms with van der Waals surface area (Å²) in [5.74, 6) is 0. The number of rotatable bonds is 1. The molecule has 0 saturated heterocycles. The van der Waals surface area contributed by atoms with Crippen molar-refractivity contribution in [2.24, 2.45) is 0 Å². The number of benzene rings is 1. The molecule has 13 heavy (non-hydrogen) atoms. The molecule has 0 aliphatic heterocycles. The lowest BCUT2D eigenvalue weighted by Crippen LogP contribution is -1.86. The molecule has 1 aromatic carbocycles. The Hall–Kier alpha value is -1.37. The van der Waals surface area contributed by atoms with Crippen LogP contribution in [0.3, 0.4) is 0 Å². The number of aryl methyl sites for hydroxylation is 2. The summed E-state index contributed by atoms with van der Waals surface area (Å²) < 4.78 is 0. The second kappa shape index (κ2) is 3.17. The lowest BCUT2D eigenvalue weighted by Gasteiger charge is -2.02. The van der Waals surface area contributed by atoms with E-state index < -0.39 is 0 Å². The Bertz CT molecular complexity index is 432. The second-order valence-electron chi connectivity index (χ2n) is 3.34. The first kappa shape index (κ1) is 8.24. The number of nitrogens with zero attached hydrogens (tertiary/aromatic N) is 1. The Morgan fingerprint density at radius 1 is 1.31 bits per heavy atom. The third-order valence-electron chi connectivity index (χ3n) is 2.38. The molecule has 1 heteroatoms. The second-order valence-corrected chi connectivity index (χ2v) is 3.34. The van der Waals surface area contributed by atoms with Crippen molar-refractivity contribution in [2.75, 3.05) is 0 Å². The van der Waals surface area contributed by atoms with Crippen LogP contribution in [0.25, 0.3) is 10.9 Å². The predicted octanol–water partition coefficient (Wildman–Crippen LogP) is 3.11. The van der Waals surface area contributed by atoms with E-state index in [4.69, 9.17) is 0 Å². The fourth-order valence-electron chi connectivity index (χ4n) is 1.55. The minimum absolute atomic E-state index is 1.05. The van der Waals surface area contributed by atoms with Gasteiger partial charge in [-0.05, 0) is 30.5 Å². The average Bonchev–Trinajstić information content (AvgIpc) is 2.18. The van der Waals surface area contributed by atoms with Crippen molar-refractivity contribution in [3.05, 3.63) is 41.6 Å². The fourth-order valence-corrected chi connectivity index (χ4v) is 1.55. The number of pyridine rings is 1. The summed E-state index contributed by atoms with van der Waals surface area (Å²) in [6, 6.07) is 8.52. The van der Waals surface area contributed by atoms with Gasteiger partial charge in [-0.25, -0.2) is 0 Å². The van der Waals surface area contributed by atoms with E-state index >= 15 is 0 Å². The standard InChI is InChI=1S/C12H13N/c1-3-10-7-11-6-4-5-9(2)12(11)13-8-10/h4-8H,3H2,1-2H3. The van der Waals surface area contributed by atoms with Crippen LogP contribution in [0, 0.1) is 6.92 Å². The summed E-state index contributed by atoms with van der Waals surface area (Å²) in [5, 5.41) is 1.25.